The van der Waals surface area contributed by atoms with Gasteiger partial charge in [-0.15, -0.1) is 0 Å². The zero-order chi connectivity index (χ0) is 14.3. The number of hydrogen-bond acceptors (Lipinski definition) is 4. The lowest BCUT2D eigenvalue weighted by molar-refractivity contribution is -0.122. The van der Waals surface area contributed by atoms with Gasteiger partial charge in [0.05, 0.1) is 6.07 Å². The molecule has 0 saturated heterocycles. The summed E-state index contributed by atoms with van der Waals surface area (Å²) >= 11 is 0. The zero-order valence-electron chi connectivity index (χ0n) is 11.5. The second kappa shape index (κ2) is 7.39. The number of nitrogens with zero attached hydrogens (tertiary/aromatic N) is 1. The summed E-state index contributed by atoms with van der Waals surface area (Å²) in [7, 11) is 1.87. The van der Waals surface area contributed by atoms with Crippen molar-refractivity contribution in [3.05, 3.63) is 29.3 Å². The Balaban J connectivity index is 2.74. The van der Waals surface area contributed by atoms with Crippen molar-refractivity contribution in [1.82, 2.24) is 10.6 Å². The Morgan fingerprint density at radius 1 is 1.53 bits per heavy atom. The molecule has 19 heavy (non-hydrogen) atoms. The summed E-state index contributed by atoms with van der Waals surface area (Å²) in [5, 5.41) is 14.0. The van der Waals surface area contributed by atoms with Crippen molar-refractivity contribution >= 4 is 5.91 Å². The molecule has 1 aromatic carbocycles. The number of carbonyl (C=O) groups excluding carboxylic acids is 1. The first-order valence-electron chi connectivity index (χ1n) is 6.12. The van der Waals surface area contributed by atoms with Crippen molar-refractivity contribution in [2.24, 2.45) is 0 Å². The molecule has 0 aliphatic heterocycles. The predicted octanol–water partition coefficient (Wildman–Crippen LogP) is 1.29. The van der Waals surface area contributed by atoms with Crippen LogP contribution in [-0.4, -0.2) is 26.1 Å². The van der Waals surface area contributed by atoms with Crippen LogP contribution in [0.1, 0.15) is 24.1 Å². The molecule has 1 atom stereocenters. The summed E-state index contributed by atoms with van der Waals surface area (Å²) in [6, 6.07) is 7.88. The van der Waals surface area contributed by atoms with Gasteiger partial charge in [-0.2, -0.15) is 5.26 Å². The topological polar surface area (TPSA) is 74.2 Å². The number of benzene rings is 1. The molecule has 0 radical (unpaired) electrons. The van der Waals surface area contributed by atoms with E-state index in [2.05, 4.69) is 10.6 Å². The van der Waals surface area contributed by atoms with Crippen LogP contribution in [0.25, 0.3) is 0 Å². The number of nitrogens with one attached hydrogen (secondary N) is 2. The summed E-state index contributed by atoms with van der Waals surface area (Å²) in [6.45, 7) is 3.90. The third-order valence-corrected chi connectivity index (χ3v) is 2.79. The largest absolute Gasteiger partial charge is 0.483 e. The van der Waals surface area contributed by atoms with Gasteiger partial charge in [0, 0.05) is 11.6 Å². The number of rotatable bonds is 6. The third-order valence-electron chi connectivity index (χ3n) is 2.79. The highest BCUT2D eigenvalue weighted by molar-refractivity contribution is 5.77. The summed E-state index contributed by atoms with van der Waals surface area (Å²) in [6.07, 6.45) is 0. The fourth-order valence-electron chi connectivity index (χ4n) is 1.61. The van der Waals surface area contributed by atoms with E-state index in [-0.39, 0.29) is 25.1 Å². The minimum atomic E-state index is -0.300. The van der Waals surface area contributed by atoms with Gasteiger partial charge in [0.2, 0.25) is 0 Å². The predicted molar refractivity (Wildman–Crippen MR) is 72.8 cm³/mol. The molecule has 0 fully saturated rings. The van der Waals surface area contributed by atoms with E-state index in [4.69, 9.17) is 10.00 Å². The normalized spacial score (nSPS) is 11.5. The fraction of sp³-hybridized carbons (Fsp3) is 0.429. The van der Waals surface area contributed by atoms with Crippen LogP contribution in [-0.2, 0) is 4.79 Å². The Morgan fingerprint density at radius 3 is 2.89 bits per heavy atom. The molecular formula is C14H19N3O2. The summed E-state index contributed by atoms with van der Waals surface area (Å²) < 4.78 is 5.54. The van der Waals surface area contributed by atoms with Crippen molar-refractivity contribution in [2.75, 3.05) is 20.2 Å². The van der Waals surface area contributed by atoms with Gasteiger partial charge in [-0.25, -0.2) is 0 Å². The molecule has 0 spiro atoms. The molecule has 0 saturated carbocycles. The van der Waals surface area contributed by atoms with E-state index in [1.165, 1.54) is 0 Å². The molecule has 0 aliphatic rings. The summed E-state index contributed by atoms with van der Waals surface area (Å²) in [5.41, 5.74) is 2.07. The van der Waals surface area contributed by atoms with Crippen molar-refractivity contribution < 1.29 is 9.53 Å². The second-order valence-electron chi connectivity index (χ2n) is 4.28. The quantitative estimate of drug-likeness (QED) is 0.757. The lowest BCUT2D eigenvalue weighted by Crippen LogP contribution is -2.29. The maximum Gasteiger partial charge on any atom is 0.258 e. The van der Waals surface area contributed by atoms with Crippen molar-refractivity contribution in [2.45, 2.75) is 19.9 Å². The van der Waals surface area contributed by atoms with Crippen LogP contribution in [0.4, 0.5) is 0 Å². The monoisotopic (exact) mass is 261 g/mol. The van der Waals surface area contributed by atoms with Gasteiger partial charge in [0.1, 0.15) is 12.3 Å². The Labute approximate surface area is 113 Å². The number of aryl methyl sites for hydroxylation is 1. The van der Waals surface area contributed by atoms with Gasteiger partial charge >= 0.3 is 0 Å². The van der Waals surface area contributed by atoms with E-state index >= 15 is 0 Å². The molecule has 5 nitrogen and oxygen atoms in total. The molecule has 0 aliphatic carbocycles. The van der Waals surface area contributed by atoms with Crippen molar-refractivity contribution in [3.63, 3.8) is 0 Å². The number of carbonyl (C=O) groups is 1. The van der Waals surface area contributed by atoms with E-state index in [9.17, 15) is 4.79 Å². The van der Waals surface area contributed by atoms with Crippen molar-refractivity contribution in [1.29, 1.82) is 5.26 Å². The number of nitriles is 1. The second-order valence-corrected chi connectivity index (χ2v) is 4.28. The maximum atomic E-state index is 11.4. The number of hydrogen-bond donors (Lipinski definition) is 2. The Hall–Kier alpha value is -2.06. The van der Waals surface area contributed by atoms with E-state index in [1.54, 1.807) is 0 Å². The molecule has 1 amide bonds. The molecule has 0 heterocycles. The van der Waals surface area contributed by atoms with E-state index in [1.807, 2.05) is 45.2 Å². The van der Waals surface area contributed by atoms with Crippen LogP contribution in [0.15, 0.2) is 18.2 Å². The molecule has 1 rings (SSSR count). The van der Waals surface area contributed by atoms with Crippen LogP contribution in [0.3, 0.4) is 0 Å². The molecular weight excluding hydrogens is 242 g/mol. The van der Waals surface area contributed by atoms with Crippen LogP contribution < -0.4 is 15.4 Å². The number of amides is 1. The molecule has 0 aromatic heterocycles. The van der Waals surface area contributed by atoms with Gasteiger partial charge in [-0.3, -0.25) is 4.79 Å². The van der Waals surface area contributed by atoms with Crippen LogP contribution in [0.5, 0.6) is 5.75 Å². The highest BCUT2D eigenvalue weighted by atomic mass is 16.5. The van der Waals surface area contributed by atoms with Gasteiger partial charge in [0.25, 0.3) is 5.91 Å². The van der Waals surface area contributed by atoms with E-state index < -0.39 is 0 Å². The maximum absolute atomic E-state index is 11.4. The van der Waals surface area contributed by atoms with Gasteiger partial charge in [0.15, 0.2) is 6.61 Å². The summed E-state index contributed by atoms with van der Waals surface area (Å²) in [4.78, 5) is 11.4. The van der Waals surface area contributed by atoms with Crippen molar-refractivity contribution in [3.8, 4) is 11.8 Å². The number of ether oxygens (including phenoxy) is 1. The zero-order valence-corrected chi connectivity index (χ0v) is 11.5. The Morgan fingerprint density at radius 2 is 2.26 bits per heavy atom. The highest BCUT2D eigenvalue weighted by Crippen LogP contribution is 2.26. The Kier molecular flexibility index (Phi) is 5.83. The average molecular weight is 261 g/mol. The molecule has 1 aromatic rings. The molecule has 1 unspecified atom stereocenters. The average Bonchev–Trinajstić information content (AvgIpc) is 2.42. The van der Waals surface area contributed by atoms with Gasteiger partial charge in [-0.05, 0) is 32.5 Å². The van der Waals surface area contributed by atoms with Crippen LogP contribution >= 0.6 is 0 Å². The van der Waals surface area contributed by atoms with E-state index in [0.29, 0.717) is 5.75 Å². The smallest absolute Gasteiger partial charge is 0.258 e. The lowest BCUT2D eigenvalue weighted by Gasteiger charge is -2.17. The summed E-state index contributed by atoms with van der Waals surface area (Å²) in [5.74, 6) is 0.389. The molecule has 0 bridgehead atoms. The molecule has 102 valence electrons. The standard InChI is InChI=1S/C14H19N3O2/c1-10-4-5-12(11(2)16-3)13(8-10)19-9-14(18)17-7-6-15/h4-5,8,11,16H,7,9H2,1-3H3,(H,17,18). The highest BCUT2D eigenvalue weighted by Gasteiger charge is 2.11. The first-order valence-corrected chi connectivity index (χ1v) is 6.12. The van der Waals surface area contributed by atoms with Gasteiger partial charge in [-0.1, -0.05) is 12.1 Å². The first-order chi connectivity index (χ1) is 9.08. The SMILES string of the molecule is CNC(C)c1ccc(C)cc1OCC(=O)NCC#N. The van der Waals surface area contributed by atoms with Gasteiger partial charge < -0.3 is 15.4 Å². The minimum absolute atomic E-state index is 0.00418. The lowest BCUT2D eigenvalue weighted by atomic mass is 10.1. The third kappa shape index (κ3) is 4.60. The molecule has 5 heteroatoms. The van der Waals surface area contributed by atoms with Crippen LogP contribution in [0, 0.1) is 18.3 Å². The van der Waals surface area contributed by atoms with Crippen LogP contribution in [0.2, 0.25) is 0 Å². The Bertz CT molecular complexity index is 480. The first kappa shape index (κ1) is 15.0. The molecule has 2 N–H and O–H groups in total. The fourth-order valence-corrected chi connectivity index (χ4v) is 1.61. The van der Waals surface area contributed by atoms with E-state index in [0.717, 1.165) is 11.1 Å². The minimum Gasteiger partial charge on any atom is -0.483 e.